The Morgan fingerprint density at radius 1 is 1.17 bits per heavy atom. The third kappa shape index (κ3) is 10.4. The molecular weight excluding hydrogens is 448 g/mol. The molecule has 1 rings (SSSR count). The maximum atomic E-state index is 12.7. The average molecular weight is 495 g/mol. The number of likely N-dealkylation sites (N-methyl/N-ethyl adjacent to an activating group) is 1. The van der Waals surface area contributed by atoms with Gasteiger partial charge in [0.1, 0.15) is 5.69 Å². The monoisotopic (exact) mass is 494 g/mol. The van der Waals surface area contributed by atoms with Gasteiger partial charge in [-0.25, -0.2) is 4.68 Å². The molecule has 2 amide bonds. The summed E-state index contributed by atoms with van der Waals surface area (Å²) in [7, 11) is 1.68. The lowest BCUT2D eigenvalue weighted by Crippen LogP contribution is -2.45. The number of aromatic nitrogens is 3. The predicted octanol–water partition coefficient (Wildman–Crippen LogP) is 2.32. The number of amides is 2. The predicted molar refractivity (Wildman–Crippen MR) is 136 cm³/mol. The Bertz CT molecular complexity index is 832. The fraction of sp³-hybridized carbons (Fsp3) is 0.800. The van der Waals surface area contributed by atoms with Crippen molar-refractivity contribution in [1.29, 1.82) is 0 Å². The number of ketones is 1. The Balaban J connectivity index is 2.62. The number of Topliss-reactive ketones (excluding diaryl/α,β-unsaturated/α-hetero) is 1. The van der Waals surface area contributed by atoms with Gasteiger partial charge in [-0.15, -0.1) is 5.10 Å². The van der Waals surface area contributed by atoms with E-state index in [1.807, 2.05) is 45.5 Å². The van der Waals surface area contributed by atoms with E-state index in [0.717, 1.165) is 12.8 Å². The highest BCUT2D eigenvalue weighted by Gasteiger charge is 2.27. The molecule has 3 N–H and O–H groups in total. The molecule has 35 heavy (non-hydrogen) atoms. The smallest absolute Gasteiger partial charge is 0.237 e. The Hall–Kier alpha value is -2.33. The van der Waals surface area contributed by atoms with E-state index in [4.69, 9.17) is 4.74 Å². The van der Waals surface area contributed by atoms with Gasteiger partial charge in [0.25, 0.3) is 0 Å². The highest BCUT2D eigenvalue weighted by molar-refractivity contribution is 5.88. The third-order valence-electron chi connectivity index (χ3n) is 6.22. The molecule has 1 heterocycles. The van der Waals surface area contributed by atoms with Crippen molar-refractivity contribution in [3.63, 3.8) is 0 Å². The number of nitrogens with one attached hydrogen (secondary N) is 3. The Labute approximate surface area is 210 Å². The summed E-state index contributed by atoms with van der Waals surface area (Å²) < 4.78 is 7.73. The van der Waals surface area contributed by atoms with E-state index in [1.165, 1.54) is 6.92 Å². The third-order valence-corrected chi connectivity index (χ3v) is 6.22. The molecule has 10 nitrogen and oxygen atoms in total. The summed E-state index contributed by atoms with van der Waals surface area (Å²) in [4.78, 5) is 36.7. The van der Waals surface area contributed by atoms with Crippen LogP contribution in [0.4, 0.5) is 0 Å². The topological polar surface area (TPSA) is 127 Å². The Kier molecular flexibility index (Phi) is 12.0. The van der Waals surface area contributed by atoms with E-state index in [2.05, 4.69) is 40.1 Å². The zero-order chi connectivity index (χ0) is 26.8. The molecule has 0 aromatic carbocycles. The molecule has 3 atom stereocenters. The van der Waals surface area contributed by atoms with E-state index in [-0.39, 0.29) is 47.6 Å². The van der Waals surface area contributed by atoms with Crippen LogP contribution in [0.15, 0.2) is 6.20 Å². The lowest BCUT2D eigenvalue weighted by Gasteiger charge is -2.30. The number of nitrogens with zero attached hydrogens (tertiary/aromatic N) is 3. The van der Waals surface area contributed by atoms with Crippen molar-refractivity contribution in [3.8, 4) is 0 Å². The molecule has 0 aliphatic rings. The summed E-state index contributed by atoms with van der Waals surface area (Å²) >= 11 is 0. The van der Waals surface area contributed by atoms with Crippen LogP contribution in [0.25, 0.3) is 0 Å². The summed E-state index contributed by atoms with van der Waals surface area (Å²) in [6.07, 6.45) is 3.96. The Morgan fingerprint density at radius 2 is 1.83 bits per heavy atom. The first-order valence-corrected chi connectivity index (χ1v) is 12.5. The minimum Gasteiger partial charge on any atom is -0.376 e. The largest absolute Gasteiger partial charge is 0.376 e. The number of ether oxygens (including phenoxy) is 1. The standard InChI is InChI=1S/C25H46N6O4/c1-10-25(8,13-14-35-24(5,6)7)31-16-19(29-30-31)15-27-23(34)20(26-9)11-12-21(33)28-22(17(2)3)18(4)32/h16-17,20,22,26H,10-15H2,1-9H3,(H,27,34)(H,28,33). The maximum Gasteiger partial charge on any atom is 0.237 e. The molecular formula is C25H46N6O4. The van der Waals surface area contributed by atoms with Gasteiger partial charge in [-0.05, 0) is 66.8 Å². The molecule has 0 fully saturated rings. The van der Waals surface area contributed by atoms with E-state index in [1.54, 1.807) is 7.05 Å². The number of carbonyl (C=O) groups excluding carboxylic acids is 3. The lowest BCUT2D eigenvalue weighted by molar-refractivity contribution is -0.128. The zero-order valence-electron chi connectivity index (χ0n) is 23.0. The quantitative estimate of drug-likeness (QED) is 0.341. The number of hydrogen-bond acceptors (Lipinski definition) is 7. The average Bonchev–Trinajstić information content (AvgIpc) is 3.24. The summed E-state index contributed by atoms with van der Waals surface area (Å²) in [6.45, 7) is 16.4. The van der Waals surface area contributed by atoms with Crippen LogP contribution < -0.4 is 16.0 Å². The fourth-order valence-corrected chi connectivity index (χ4v) is 3.64. The maximum absolute atomic E-state index is 12.7. The molecule has 200 valence electrons. The lowest BCUT2D eigenvalue weighted by atomic mass is 9.95. The molecule has 1 aromatic rings. The summed E-state index contributed by atoms with van der Waals surface area (Å²) in [5.74, 6) is -0.540. The van der Waals surface area contributed by atoms with Crippen LogP contribution in [0, 0.1) is 5.92 Å². The molecule has 1 aromatic heterocycles. The molecule has 0 saturated heterocycles. The summed E-state index contributed by atoms with van der Waals surface area (Å²) in [5.41, 5.74) is 0.221. The summed E-state index contributed by atoms with van der Waals surface area (Å²) in [6, 6.07) is -1.05. The van der Waals surface area contributed by atoms with Crippen molar-refractivity contribution in [2.45, 2.75) is 111 Å². The molecule has 0 aliphatic heterocycles. The molecule has 0 saturated carbocycles. The molecule has 0 radical (unpaired) electrons. The van der Waals surface area contributed by atoms with Crippen LogP contribution in [-0.4, -0.2) is 63.9 Å². The van der Waals surface area contributed by atoms with Crippen molar-refractivity contribution in [2.75, 3.05) is 13.7 Å². The molecule has 3 unspecified atom stereocenters. The fourth-order valence-electron chi connectivity index (χ4n) is 3.64. The van der Waals surface area contributed by atoms with E-state index >= 15 is 0 Å². The van der Waals surface area contributed by atoms with Gasteiger partial charge >= 0.3 is 0 Å². The molecule has 10 heteroatoms. The number of rotatable bonds is 15. The highest BCUT2D eigenvalue weighted by atomic mass is 16.5. The van der Waals surface area contributed by atoms with E-state index < -0.39 is 12.1 Å². The molecule has 0 aliphatic carbocycles. The van der Waals surface area contributed by atoms with E-state index in [9.17, 15) is 14.4 Å². The van der Waals surface area contributed by atoms with Gasteiger partial charge in [0.2, 0.25) is 11.8 Å². The summed E-state index contributed by atoms with van der Waals surface area (Å²) in [5, 5.41) is 17.1. The molecule has 0 bridgehead atoms. The van der Waals surface area contributed by atoms with Gasteiger partial charge in [0, 0.05) is 13.0 Å². The molecule has 0 spiro atoms. The minimum atomic E-state index is -0.541. The van der Waals surface area contributed by atoms with Crippen molar-refractivity contribution < 1.29 is 19.1 Å². The second-order valence-electron chi connectivity index (χ2n) is 10.7. The highest BCUT2D eigenvalue weighted by Crippen LogP contribution is 2.25. The Morgan fingerprint density at radius 3 is 2.34 bits per heavy atom. The second-order valence-corrected chi connectivity index (χ2v) is 10.7. The van der Waals surface area contributed by atoms with Gasteiger partial charge in [-0.2, -0.15) is 0 Å². The van der Waals surface area contributed by atoms with Gasteiger partial charge in [0.05, 0.1) is 36.0 Å². The van der Waals surface area contributed by atoms with Crippen LogP contribution >= 0.6 is 0 Å². The number of carbonyl (C=O) groups is 3. The van der Waals surface area contributed by atoms with Crippen LogP contribution in [0.2, 0.25) is 0 Å². The first-order valence-electron chi connectivity index (χ1n) is 12.5. The van der Waals surface area contributed by atoms with Crippen molar-refractivity contribution >= 4 is 17.6 Å². The minimum absolute atomic E-state index is 0.00819. The zero-order valence-corrected chi connectivity index (χ0v) is 23.0. The first kappa shape index (κ1) is 30.7. The van der Waals surface area contributed by atoms with Crippen LogP contribution in [0.3, 0.4) is 0 Å². The van der Waals surface area contributed by atoms with Crippen molar-refractivity contribution in [1.82, 2.24) is 30.9 Å². The second kappa shape index (κ2) is 13.7. The van der Waals surface area contributed by atoms with Crippen LogP contribution in [0.1, 0.15) is 86.8 Å². The van der Waals surface area contributed by atoms with Gasteiger partial charge in [-0.3, -0.25) is 14.4 Å². The van der Waals surface area contributed by atoms with E-state index in [0.29, 0.717) is 18.7 Å². The van der Waals surface area contributed by atoms with Gasteiger partial charge in [0.15, 0.2) is 5.78 Å². The van der Waals surface area contributed by atoms with Crippen molar-refractivity contribution in [2.24, 2.45) is 5.92 Å². The van der Waals surface area contributed by atoms with Crippen LogP contribution in [-0.2, 0) is 31.2 Å². The van der Waals surface area contributed by atoms with Gasteiger partial charge < -0.3 is 20.7 Å². The SMILES string of the molecule is CCC(C)(CCOC(C)(C)C)n1cc(CNC(=O)C(CCC(=O)NC(C(C)=O)C(C)C)NC)nn1. The number of hydrogen-bond donors (Lipinski definition) is 3. The van der Waals surface area contributed by atoms with Gasteiger partial charge in [-0.1, -0.05) is 26.0 Å². The normalized spacial score (nSPS) is 15.4. The first-order chi connectivity index (χ1) is 16.2. The van der Waals surface area contributed by atoms with Crippen molar-refractivity contribution in [3.05, 3.63) is 11.9 Å². The van der Waals surface area contributed by atoms with Crippen LogP contribution in [0.5, 0.6) is 0 Å².